The molecule has 158 valence electrons. The van der Waals surface area contributed by atoms with Crippen molar-refractivity contribution in [2.24, 2.45) is 0 Å². The maximum atomic E-state index is 12.7. The molecule has 32 heavy (non-hydrogen) atoms. The van der Waals surface area contributed by atoms with E-state index in [1.807, 2.05) is 12.1 Å². The molecule has 0 atom stereocenters. The van der Waals surface area contributed by atoms with E-state index in [0.29, 0.717) is 43.7 Å². The van der Waals surface area contributed by atoms with Gasteiger partial charge in [0.1, 0.15) is 5.75 Å². The van der Waals surface area contributed by atoms with Gasteiger partial charge in [-0.3, -0.25) is 9.59 Å². The van der Waals surface area contributed by atoms with Gasteiger partial charge in [0, 0.05) is 16.9 Å². The highest BCUT2D eigenvalue weighted by Crippen LogP contribution is 2.24. The van der Waals surface area contributed by atoms with Gasteiger partial charge in [-0.25, -0.2) is 4.98 Å². The van der Waals surface area contributed by atoms with Crippen LogP contribution in [0.15, 0.2) is 77.6 Å². The quantitative estimate of drug-likeness (QED) is 0.420. The van der Waals surface area contributed by atoms with Gasteiger partial charge in [-0.1, -0.05) is 29.5 Å². The zero-order valence-corrected chi connectivity index (χ0v) is 17.7. The highest BCUT2D eigenvalue weighted by atomic mass is 32.1. The van der Waals surface area contributed by atoms with E-state index in [0.717, 1.165) is 0 Å². The lowest BCUT2D eigenvalue weighted by Gasteiger charge is -2.08. The Morgan fingerprint density at radius 2 is 1.81 bits per heavy atom. The van der Waals surface area contributed by atoms with Crippen LogP contribution in [0.4, 0.5) is 16.5 Å². The van der Waals surface area contributed by atoms with Crippen LogP contribution in [0.25, 0.3) is 15.9 Å². The van der Waals surface area contributed by atoms with E-state index in [1.54, 1.807) is 67.8 Å². The Morgan fingerprint density at radius 3 is 2.62 bits per heavy atom. The number of amides is 1. The first-order valence-corrected chi connectivity index (χ1v) is 10.5. The zero-order chi connectivity index (χ0) is 22.1. The molecule has 5 rings (SSSR count). The van der Waals surface area contributed by atoms with Crippen LogP contribution in [0.1, 0.15) is 10.4 Å². The summed E-state index contributed by atoms with van der Waals surface area (Å²) in [4.78, 5) is 30.3. The number of para-hydroxylation sites is 1. The van der Waals surface area contributed by atoms with Crippen LogP contribution in [-0.4, -0.2) is 27.6 Å². The van der Waals surface area contributed by atoms with Crippen molar-refractivity contribution >= 4 is 49.6 Å². The van der Waals surface area contributed by atoms with Gasteiger partial charge in [0.05, 0.1) is 18.0 Å². The second kappa shape index (κ2) is 8.12. The number of hydrogen-bond acceptors (Lipinski definition) is 7. The van der Waals surface area contributed by atoms with Gasteiger partial charge in [-0.05, 0) is 54.6 Å². The molecule has 8 nitrogen and oxygen atoms in total. The van der Waals surface area contributed by atoms with Crippen LogP contribution in [-0.2, 0) is 0 Å². The lowest BCUT2D eigenvalue weighted by molar-refractivity contribution is 0.102. The number of methoxy groups -OCH3 is 1. The lowest BCUT2D eigenvalue weighted by Crippen LogP contribution is -2.15. The van der Waals surface area contributed by atoms with E-state index >= 15 is 0 Å². The van der Waals surface area contributed by atoms with Crippen LogP contribution < -0.4 is 20.9 Å². The standard InChI is InChI=1S/C23H17N5O3S/c1-31-17-11-9-15(10-12-17)24-20(29)14-5-4-6-16(13-14)25-22-27-28-21(30)18-7-2-3-8-19(18)26-23(28)32-22/h2-13H,1H3,(H,24,29)(H,25,27). The Morgan fingerprint density at radius 1 is 1.00 bits per heavy atom. The van der Waals surface area contributed by atoms with Crippen molar-refractivity contribution in [1.82, 2.24) is 14.6 Å². The molecule has 5 aromatic rings. The minimum atomic E-state index is -0.243. The average molecular weight is 443 g/mol. The summed E-state index contributed by atoms with van der Waals surface area (Å²) >= 11 is 1.26. The van der Waals surface area contributed by atoms with Gasteiger partial charge in [0.15, 0.2) is 0 Å². The molecule has 9 heteroatoms. The molecule has 0 aliphatic heterocycles. The third-order valence-corrected chi connectivity index (χ3v) is 5.65. The van der Waals surface area contributed by atoms with Crippen molar-refractivity contribution in [3.05, 3.63) is 88.7 Å². The SMILES string of the molecule is COc1ccc(NC(=O)c2cccc(Nc3nn4c(=O)c5ccccc5nc4s3)c2)cc1. The first-order chi connectivity index (χ1) is 15.6. The summed E-state index contributed by atoms with van der Waals surface area (Å²) < 4.78 is 6.42. The summed E-state index contributed by atoms with van der Waals surface area (Å²) in [5.74, 6) is 0.471. The summed E-state index contributed by atoms with van der Waals surface area (Å²) in [6.07, 6.45) is 0. The predicted molar refractivity (Wildman–Crippen MR) is 125 cm³/mol. The number of nitrogens with one attached hydrogen (secondary N) is 2. The molecule has 0 radical (unpaired) electrons. The maximum Gasteiger partial charge on any atom is 0.283 e. The zero-order valence-electron chi connectivity index (χ0n) is 16.9. The molecule has 0 spiro atoms. The Balaban J connectivity index is 1.39. The number of fused-ring (bicyclic) bond motifs is 2. The van der Waals surface area contributed by atoms with Crippen LogP contribution in [0.2, 0.25) is 0 Å². The van der Waals surface area contributed by atoms with E-state index in [-0.39, 0.29) is 11.5 Å². The molecule has 0 saturated carbocycles. The number of anilines is 3. The summed E-state index contributed by atoms with van der Waals surface area (Å²) in [6.45, 7) is 0. The summed E-state index contributed by atoms with van der Waals surface area (Å²) in [7, 11) is 1.59. The van der Waals surface area contributed by atoms with Gasteiger partial charge in [0.25, 0.3) is 11.5 Å². The fourth-order valence-corrected chi connectivity index (χ4v) is 4.06. The molecular weight excluding hydrogens is 426 g/mol. The minimum absolute atomic E-state index is 0.220. The number of rotatable bonds is 5. The van der Waals surface area contributed by atoms with Crippen molar-refractivity contribution in [2.75, 3.05) is 17.7 Å². The van der Waals surface area contributed by atoms with Gasteiger partial charge >= 0.3 is 0 Å². The Hall–Kier alpha value is -4.24. The minimum Gasteiger partial charge on any atom is -0.497 e. The lowest BCUT2D eigenvalue weighted by atomic mass is 10.2. The number of carbonyl (C=O) groups excluding carboxylic acids is 1. The van der Waals surface area contributed by atoms with Gasteiger partial charge in [0.2, 0.25) is 10.1 Å². The fraction of sp³-hybridized carbons (Fsp3) is 0.0435. The van der Waals surface area contributed by atoms with Gasteiger partial charge in [-0.2, -0.15) is 4.52 Å². The monoisotopic (exact) mass is 443 g/mol. The summed E-state index contributed by atoms with van der Waals surface area (Å²) in [5, 5.41) is 11.4. The maximum absolute atomic E-state index is 12.7. The van der Waals surface area contributed by atoms with Crippen molar-refractivity contribution in [3.8, 4) is 5.75 Å². The largest absolute Gasteiger partial charge is 0.497 e. The molecule has 3 aromatic carbocycles. The second-order valence-corrected chi connectivity index (χ2v) is 7.88. The first-order valence-electron chi connectivity index (χ1n) is 9.72. The van der Waals surface area contributed by atoms with Crippen molar-refractivity contribution in [2.45, 2.75) is 0 Å². The summed E-state index contributed by atoms with van der Waals surface area (Å²) in [5.41, 5.74) is 2.22. The van der Waals surface area contributed by atoms with Crippen LogP contribution in [0, 0.1) is 0 Å². The topological polar surface area (TPSA) is 97.6 Å². The first kappa shape index (κ1) is 19.7. The molecular formula is C23H17N5O3S. The van der Waals surface area contributed by atoms with Crippen LogP contribution in [0.3, 0.4) is 0 Å². The average Bonchev–Trinajstić information content (AvgIpc) is 3.22. The predicted octanol–water partition coefficient (Wildman–Crippen LogP) is 4.31. The highest BCUT2D eigenvalue weighted by Gasteiger charge is 2.12. The molecule has 2 N–H and O–H groups in total. The third-order valence-electron chi connectivity index (χ3n) is 4.83. The Labute approximate surface area is 186 Å². The molecule has 1 amide bonds. The number of hydrogen-bond donors (Lipinski definition) is 2. The van der Waals surface area contributed by atoms with E-state index < -0.39 is 0 Å². The number of aromatic nitrogens is 3. The summed E-state index contributed by atoms with van der Waals surface area (Å²) in [6, 6.07) is 21.3. The molecule has 0 fully saturated rings. The Bertz CT molecular complexity index is 1510. The van der Waals surface area contributed by atoms with E-state index in [2.05, 4.69) is 20.7 Å². The number of ether oxygens (including phenoxy) is 1. The van der Waals surface area contributed by atoms with Crippen LogP contribution in [0.5, 0.6) is 5.75 Å². The van der Waals surface area contributed by atoms with Crippen molar-refractivity contribution in [1.29, 1.82) is 0 Å². The van der Waals surface area contributed by atoms with E-state index in [4.69, 9.17) is 4.74 Å². The van der Waals surface area contributed by atoms with Gasteiger partial charge < -0.3 is 15.4 Å². The molecule has 2 aromatic heterocycles. The molecule has 0 aliphatic rings. The fourth-order valence-electron chi connectivity index (χ4n) is 3.25. The highest BCUT2D eigenvalue weighted by molar-refractivity contribution is 7.20. The van der Waals surface area contributed by atoms with Crippen molar-refractivity contribution < 1.29 is 9.53 Å². The third kappa shape index (κ3) is 3.77. The molecule has 0 bridgehead atoms. The molecule has 0 aliphatic carbocycles. The number of benzene rings is 3. The van der Waals surface area contributed by atoms with E-state index in [9.17, 15) is 9.59 Å². The normalized spacial score (nSPS) is 10.9. The number of carbonyl (C=O) groups is 1. The molecule has 0 unspecified atom stereocenters. The smallest absolute Gasteiger partial charge is 0.283 e. The Kier molecular flexibility index (Phi) is 5.00. The second-order valence-electron chi connectivity index (χ2n) is 6.92. The van der Waals surface area contributed by atoms with Crippen LogP contribution >= 0.6 is 11.3 Å². The van der Waals surface area contributed by atoms with Crippen molar-refractivity contribution in [3.63, 3.8) is 0 Å². The molecule has 2 heterocycles. The van der Waals surface area contributed by atoms with E-state index in [1.165, 1.54) is 15.9 Å². The number of nitrogens with zero attached hydrogens (tertiary/aromatic N) is 3. The van der Waals surface area contributed by atoms with Gasteiger partial charge in [-0.15, -0.1) is 5.10 Å². The molecule has 0 saturated heterocycles.